The van der Waals surface area contributed by atoms with Crippen molar-refractivity contribution in [2.24, 2.45) is 5.92 Å². The summed E-state index contributed by atoms with van der Waals surface area (Å²) < 4.78 is 22.4. The lowest BCUT2D eigenvalue weighted by Crippen LogP contribution is -2.36. The normalized spacial score (nSPS) is 14.7. The fourth-order valence-corrected chi connectivity index (χ4v) is 2.37. The highest BCUT2D eigenvalue weighted by molar-refractivity contribution is 8.13. The van der Waals surface area contributed by atoms with Gasteiger partial charge in [-0.25, -0.2) is 8.42 Å². The van der Waals surface area contributed by atoms with E-state index in [0.717, 1.165) is 6.42 Å². The van der Waals surface area contributed by atoms with Gasteiger partial charge in [0.1, 0.15) is 0 Å². The van der Waals surface area contributed by atoms with Gasteiger partial charge in [-0.15, -0.1) is 0 Å². The summed E-state index contributed by atoms with van der Waals surface area (Å²) in [6, 6.07) is 5.72. The van der Waals surface area contributed by atoms with Crippen molar-refractivity contribution < 1.29 is 13.2 Å². The Balaban J connectivity index is 2.90. The number of hydrogen-bond donors (Lipinski definition) is 1. The zero-order valence-corrected chi connectivity index (χ0v) is 12.8. The molecular formula is C13H18ClNO3S. The molecule has 1 aromatic carbocycles. The highest BCUT2D eigenvalue weighted by Gasteiger charge is 2.16. The topological polar surface area (TPSA) is 63.2 Å². The number of carbonyl (C=O) groups excluding carboxylic acids is 1. The molecule has 0 aliphatic carbocycles. The van der Waals surface area contributed by atoms with Gasteiger partial charge in [0.2, 0.25) is 0 Å². The number of rotatable bonds is 5. The molecule has 2 unspecified atom stereocenters. The van der Waals surface area contributed by atoms with Crippen molar-refractivity contribution in [2.75, 3.05) is 0 Å². The van der Waals surface area contributed by atoms with Gasteiger partial charge >= 0.3 is 0 Å². The molecule has 2 atom stereocenters. The Labute approximate surface area is 118 Å². The molecule has 1 N–H and O–H groups in total. The quantitative estimate of drug-likeness (QED) is 0.851. The lowest BCUT2D eigenvalue weighted by Gasteiger charge is -2.19. The molecule has 19 heavy (non-hydrogen) atoms. The van der Waals surface area contributed by atoms with Gasteiger partial charge in [0.25, 0.3) is 15.0 Å². The summed E-state index contributed by atoms with van der Waals surface area (Å²) in [5.41, 5.74) is 0.289. The second-order valence-corrected chi connectivity index (χ2v) is 7.18. The molecule has 0 aliphatic heterocycles. The predicted molar refractivity (Wildman–Crippen MR) is 75.9 cm³/mol. The van der Waals surface area contributed by atoms with E-state index >= 15 is 0 Å². The third kappa shape index (κ3) is 4.51. The molecule has 0 heterocycles. The minimum Gasteiger partial charge on any atom is -0.349 e. The van der Waals surface area contributed by atoms with E-state index in [9.17, 15) is 13.2 Å². The molecule has 1 aromatic rings. The molecule has 0 saturated carbocycles. The van der Waals surface area contributed by atoms with Crippen LogP contribution in [0.2, 0.25) is 0 Å². The summed E-state index contributed by atoms with van der Waals surface area (Å²) in [4.78, 5) is 11.9. The van der Waals surface area contributed by atoms with E-state index in [-0.39, 0.29) is 22.4 Å². The summed E-state index contributed by atoms with van der Waals surface area (Å²) >= 11 is 0. The number of nitrogens with one attached hydrogen (secondary N) is 1. The molecule has 0 fully saturated rings. The number of hydrogen-bond acceptors (Lipinski definition) is 3. The van der Waals surface area contributed by atoms with Crippen molar-refractivity contribution in [3.8, 4) is 0 Å². The summed E-state index contributed by atoms with van der Waals surface area (Å²) in [6.45, 7) is 6.02. The van der Waals surface area contributed by atoms with Crippen molar-refractivity contribution in [1.29, 1.82) is 0 Å². The second kappa shape index (κ2) is 6.39. The van der Waals surface area contributed by atoms with Gasteiger partial charge in [0.15, 0.2) is 0 Å². The maximum atomic E-state index is 12.0. The van der Waals surface area contributed by atoms with Crippen molar-refractivity contribution in [2.45, 2.75) is 38.1 Å². The van der Waals surface area contributed by atoms with E-state index in [2.05, 4.69) is 5.32 Å². The average Bonchev–Trinajstić information content (AvgIpc) is 2.36. The zero-order chi connectivity index (χ0) is 14.6. The molecule has 0 aromatic heterocycles. The van der Waals surface area contributed by atoms with E-state index < -0.39 is 9.05 Å². The van der Waals surface area contributed by atoms with Crippen LogP contribution in [0.1, 0.15) is 37.6 Å². The first kappa shape index (κ1) is 16.0. The van der Waals surface area contributed by atoms with Gasteiger partial charge < -0.3 is 5.32 Å². The molecule has 0 bridgehead atoms. The lowest BCUT2D eigenvalue weighted by molar-refractivity contribution is 0.0928. The molecule has 1 rings (SSSR count). The zero-order valence-electron chi connectivity index (χ0n) is 11.2. The minimum atomic E-state index is -3.82. The van der Waals surface area contributed by atoms with Crippen LogP contribution < -0.4 is 5.32 Å². The highest BCUT2D eigenvalue weighted by Crippen LogP contribution is 2.16. The first-order valence-electron chi connectivity index (χ1n) is 6.11. The molecule has 0 saturated heterocycles. The third-order valence-electron chi connectivity index (χ3n) is 3.23. The van der Waals surface area contributed by atoms with Crippen LogP contribution in [0, 0.1) is 5.92 Å². The highest BCUT2D eigenvalue weighted by atomic mass is 35.7. The summed E-state index contributed by atoms with van der Waals surface area (Å²) in [7, 11) is 1.44. The van der Waals surface area contributed by atoms with Gasteiger partial charge in [-0.2, -0.15) is 0 Å². The lowest BCUT2D eigenvalue weighted by atomic mass is 10.0. The molecule has 0 spiro atoms. The van der Waals surface area contributed by atoms with E-state index in [1.54, 1.807) is 6.07 Å². The first-order valence-corrected chi connectivity index (χ1v) is 8.42. The molecule has 0 radical (unpaired) electrons. The Morgan fingerprint density at radius 2 is 2.00 bits per heavy atom. The van der Waals surface area contributed by atoms with Crippen LogP contribution >= 0.6 is 10.7 Å². The monoisotopic (exact) mass is 303 g/mol. The van der Waals surface area contributed by atoms with E-state index in [1.165, 1.54) is 18.2 Å². The fraction of sp³-hybridized carbons (Fsp3) is 0.462. The Bertz CT molecular complexity index is 557. The van der Waals surface area contributed by atoms with Crippen molar-refractivity contribution in [3.05, 3.63) is 29.8 Å². The molecule has 0 aliphatic rings. The van der Waals surface area contributed by atoms with Gasteiger partial charge in [-0.3, -0.25) is 4.79 Å². The van der Waals surface area contributed by atoms with Crippen LogP contribution in [-0.2, 0) is 9.05 Å². The Morgan fingerprint density at radius 1 is 1.37 bits per heavy atom. The maximum absolute atomic E-state index is 12.0. The van der Waals surface area contributed by atoms with Crippen molar-refractivity contribution >= 4 is 25.6 Å². The second-order valence-electron chi connectivity index (χ2n) is 4.61. The molecule has 4 nitrogen and oxygen atoms in total. The van der Waals surface area contributed by atoms with Crippen molar-refractivity contribution in [3.63, 3.8) is 0 Å². The fourth-order valence-electron chi connectivity index (χ4n) is 1.57. The SMILES string of the molecule is CCC(C)C(C)NC(=O)c1cccc(S(=O)(=O)Cl)c1. The summed E-state index contributed by atoms with van der Waals surface area (Å²) in [5, 5.41) is 2.85. The van der Waals surface area contributed by atoms with Gasteiger partial charge in [0, 0.05) is 22.3 Å². The Kier molecular flexibility index (Phi) is 5.38. The van der Waals surface area contributed by atoms with Gasteiger partial charge in [-0.05, 0) is 31.0 Å². The third-order valence-corrected chi connectivity index (χ3v) is 4.59. The van der Waals surface area contributed by atoms with E-state index in [4.69, 9.17) is 10.7 Å². The van der Waals surface area contributed by atoms with Gasteiger partial charge in [-0.1, -0.05) is 26.3 Å². The van der Waals surface area contributed by atoms with Crippen LogP contribution in [0.15, 0.2) is 29.2 Å². The summed E-state index contributed by atoms with van der Waals surface area (Å²) in [6.07, 6.45) is 0.956. The minimum absolute atomic E-state index is 0.0220. The predicted octanol–water partition coefficient (Wildman–Crippen LogP) is 2.78. The van der Waals surface area contributed by atoms with Crippen LogP contribution in [0.3, 0.4) is 0 Å². The standard InChI is InChI=1S/C13H18ClNO3S/c1-4-9(2)10(3)15-13(16)11-6-5-7-12(8-11)19(14,17)18/h5-10H,4H2,1-3H3,(H,15,16). The van der Waals surface area contributed by atoms with Crippen LogP contribution in [0.5, 0.6) is 0 Å². The van der Waals surface area contributed by atoms with Crippen LogP contribution in [0.25, 0.3) is 0 Å². The number of carbonyl (C=O) groups is 1. The summed E-state index contributed by atoms with van der Waals surface area (Å²) in [5.74, 6) is 0.0545. The van der Waals surface area contributed by atoms with Crippen molar-refractivity contribution in [1.82, 2.24) is 5.32 Å². The molecule has 1 amide bonds. The Morgan fingerprint density at radius 3 is 2.53 bits per heavy atom. The largest absolute Gasteiger partial charge is 0.349 e. The molecule has 106 valence electrons. The number of amides is 1. The average molecular weight is 304 g/mol. The number of halogens is 1. The van der Waals surface area contributed by atoms with E-state index in [1.807, 2.05) is 20.8 Å². The maximum Gasteiger partial charge on any atom is 0.261 e. The van der Waals surface area contributed by atoms with Crippen LogP contribution in [-0.4, -0.2) is 20.4 Å². The Hall–Kier alpha value is -1.07. The van der Waals surface area contributed by atoms with Gasteiger partial charge in [0.05, 0.1) is 4.90 Å². The number of benzene rings is 1. The molecule has 6 heteroatoms. The smallest absolute Gasteiger partial charge is 0.261 e. The van der Waals surface area contributed by atoms with Crippen LogP contribution in [0.4, 0.5) is 0 Å². The van der Waals surface area contributed by atoms with E-state index in [0.29, 0.717) is 5.92 Å². The first-order chi connectivity index (χ1) is 8.75. The molecular weight excluding hydrogens is 286 g/mol.